The number of anilines is 1. The van der Waals surface area contributed by atoms with Crippen LogP contribution in [0.1, 0.15) is 39.7 Å². The second kappa shape index (κ2) is 8.73. The van der Waals surface area contributed by atoms with E-state index in [0.29, 0.717) is 31.3 Å². The lowest BCUT2D eigenvalue weighted by atomic mass is 10.0. The van der Waals surface area contributed by atoms with Crippen LogP contribution in [0, 0.1) is 0 Å². The van der Waals surface area contributed by atoms with Gasteiger partial charge in [0, 0.05) is 66.0 Å². The van der Waals surface area contributed by atoms with Crippen LogP contribution in [-0.4, -0.2) is 55.0 Å². The van der Waals surface area contributed by atoms with Crippen molar-refractivity contribution in [2.24, 2.45) is 0 Å². The Kier molecular flexibility index (Phi) is 5.68. The van der Waals surface area contributed by atoms with Crippen LogP contribution in [0.25, 0.3) is 33.4 Å². The second-order valence-electron chi connectivity index (χ2n) is 11.5. The number of likely N-dealkylation sites (tertiary alicyclic amines) is 1. The molecule has 1 saturated heterocycles. The Balaban J connectivity index is 1.32. The number of nitrogens with one attached hydrogen (secondary N) is 1. The summed E-state index contributed by atoms with van der Waals surface area (Å²) in [5.74, 6) is -1.90. The lowest BCUT2D eigenvalue weighted by Gasteiger charge is -2.35. The highest BCUT2D eigenvalue weighted by atomic mass is 19.3. The maximum atomic E-state index is 13.5. The molecule has 5 heterocycles. The molecule has 4 aromatic rings. The number of aromatic amines is 1. The normalized spacial score (nSPS) is 18.6. The van der Waals surface area contributed by atoms with Crippen LogP contribution in [-0.2, 0) is 13.1 Å². The zero-order valence-corrected chi connectivity index (χ0v) is 22.1. The summed E-state index contributed by atoms with van der Waals surface area (Å²) in [5.41, 5.74) is 4.83. The van der Waals surface area contributed by atoms with Gasteiger partial charge in [0.15, 0.2) is 0 Å². The van der Waals surface area contributed by atoms with Crippen LogP contribution in [0.15, 0.2) is 53.6 Å². The van der Waals surface area contributed by atoms with E-state index in [1.54, 1.807) is 21.7 Å². The van der Waals surface area contributed by atoms with Crippen molar-refractivity contribution in [1.29, 1.82) is 0 Å². The number of benzene rings is 1. The first kappa shape index (κ1) is 24.7. The number of alkyl halides is 2. The lowest BCUT2D eigenvalue weighted by Crippen LogP contribution is -2.45. The average molecular weight is 519 g/mol. The summed E-state index contributed by atoms with van der Waals surface area (Å²) in [6, 6.07) is 11.8. The first-order valence-electron chi connectivity index (χ1n) is 13.1. The maximum absolute atomic E-state index is 13.5. The van der Waals surface area contributed by atoms with E-state index >= 15 is 0 Å². The van der Waals surface area contributed by atoms with Gasteiger partial charge in [-0.25, -0.2) is 13.8 Å². The van der Waals surface area contributed by atoms with Crippen LogP contribution in [0.3, 0.4) is 0 Å². The first-order valence-corrected chi connectivity index (χ1v) is 13.1. The quantitative estimate of drug-likeness (QED) is 0.388. The molecule has 0 unspecified atom stereocenters. The molecular formula is C29H32F2N6O. The largest absolute Gasteiger partial charge is 0.360 e. The van der Waals surface area contributed by atoms with Gasteiger partial charge in [-0.15, -0.1) is 0 Å². The highest BCUT2D eigenvalue weighted by Crippen LogP contribution is 2.36. The highest BCUT2D eigenvalue weighted by molar-refractivity contribution is 5.97. The van der Waals surface area contributed by atoms with Gasteiger partial charge in [-0.2, -0.15) is 0 Å². The van der Waals surface area contributed by atoms with Crippen LogP contribution in [0.4, 0.5) is 14.7 Å². The SMILES string of the molecule is CC(C)N1c2nc(-c3c[nH]c4ccc(-c5ccc(CN6CCC(F)(F)C6)cn5)cc34)cc(=O)n2CC1(C)C. The number of hydrogen-bond donors (Lipinski definition) is 1. The molecule has 2 aliphatic rings. The predicted molar refractivity (Wildman–Crippen MR) is 146 cm³/mol. The van der Waals surface area contributed by atoms with Crippen LogP contribution < -0.4 is 10.5 Å². The van der Waals surface area contributed by atoms with Gasteiger partial charge in [-0.05, 0) is 51.5 Å². The van der Waals surface area contributed by atoms with Gasteiger partial charge >= 0.3 is 0 Å². The molecule has 1 aromatic carbocycles. The van der Waals surface area contributed by atoms with E-state index in [1.807, 2.05) is 30.5 Å². The molecule has 0 radical (unpaired) electrons. The Morgan fingerprint density at radius 1 is 1.08 bits per heavy atom. The minimum atomic E-state index is -2.60. The minimum Gasteiger partial charge on any atom is -0.360 e. The molecule has 3 aromatic heterocycles. The number of halogens is 2. The third-order valence-electron chi connectivity index (χ3n) is 7.65. The molecule has 0 amide bonds. The van der Waals surface area contributed by atoms with Gasteiger partial charge in [0.25, 0.3) is 11.5 Å². The summed E-state index contributed by atoms with van der Waals surface area (Å²) in [6.07, 6.45) is 3.57. The van der Waals surface area contributed by atoms with Crippen LogP contribution in [0.5, 0.6) is 0 Å². The van der Waals surface area contributed by atoms with Crippen LogP contribution >= 0.6 is 0 Å². The molecule has 0 bridgehead atoms. The van der Waals surface area contributed by atoms with Gasteiger partial charge in [-0.1, -0.05) is 12.1 Å². The summed E-state index contributed by atoms with van der Waals surface area (Å²) in [7, 11) is 0. The summed E-state index contributed by atoms with van der Waals surface area (Å²) < 4.78 is 28.8. The van der Waals surface area contributed by atoms with E-state index in [4.69, 9.17) is 4.98 Å². The Bertz CT molecular complexity index is 1570. The maximum Gasteiger partial charge on any atom is 0.261 e. The smallest absolute Gasteiger partial charge is 0.261 e. The van der Waals surface area contributed by atoms with Gasteiger partial charge in [0.05, 0.1) is 30.0 Å². The Morgan fingerprint density at radius 3 is 2.58 bits per heavy atom. The van der Waals surface area contributed by atoms with E-state index in [2.05, 4.69) is 48.6 Å². The van der Waals surface area contributed by atoms with Gasteiger partial charge in [0.1, 0.15) is 0 Å². The molecule has 0 aliphatic carbocycles. The zero-order chi connectivity index (χ0) is 26.8. The van der Waals surface area contributed by atoms with Gasteiger partial charge in [0.2, 0.25) is 5.95 Å². The number of aromatic nitrogens is 4. The molecule has 0 saturated carbocycles. The zero-order valence-electron chi connectivity index (χ0n) is 22.1. The molecule has 0 atom stereocenters. The fraction of sp³-hybridized carbons (Fsp3) is 0.414. The van der Waals surface area contributed by atoms with Crippen molar-refractivity contribution in [3.63, 3.8) is 0 Å². The van der Waals surface area contributed by atoms with Gasteiger partial charge < -0.3 is 9.88 Å². The molecule has 0 spiro atoms. The number of fused-ring (bicyclic) bond motifs is 2. The van der Waals surface area contributed by atoms with E-state index < -0.39 is 5.92 Å². The summed E-state index contributed by atoms with van der Waals surface area (Å²) in [6.45, 7) is 9.78. The molecule has 1 N–H and O–H groups in total. The second-order valence-corrected chi connectivity index (χ2v) is 11.5. The number of pyridine rings is 1. The van der Waals surface area contributed by atoms with Crippen molar-refractivity contribution < 1.29 is 8.78 Å². The third kappa shape index (κ3) is 4.28. The predicted octanol–water partition coefficient (Wildman–Crippen LogP) is 5.30. The highest BCUT2D eigenvalue weighted by Gasteiger charge is 2.40. The van der Waals surface area contributed by atoms with E-state index in [9.17, 15) is 13.6 Å². The van der Waals surface area contributed by atoms with Crippen molar-refractivity contribution in [3.8, 4) is 22.5 Å². The average Bonchev–Trinajstić information content (AvgIpc) is 3.51. The standard InChI is InChI=1S/C29H32F2N6O/c1-18(2)37-27-34-25(12-26(38)36(27)16-28(37,3)4)22-14-33-24-8-6-20(11-21(22)24)23-7-5-19(13-32-23)15-35-10-9-29(30,31)17-35/h5-8,11-14,18,33H,9-10,15-17H2,1-4H3. The fourth-order valence-electron chi connectivity index (χ4n) is 6.01. The molecule has 1 fully saturated rings. The molecule has 9 heteroatoms. The van der Waals surface area contributed by atoms with E-state index in [0.717, 1.165) is 33.3 Å². The Labute approximate surface area is 220 Å². The topological polar surface area (TPSA) is 70.1 Å². The number of rotatable bonds is 5. The fourth-order valence-corrected chi connectivity index (χ4v) is 6.01. The van der Waals surface area contributed by atoms with Crippen molar-refractivity contribution in [1.82, 2.24) is 24.4 Å². The van der Waals surface area contributed by atoms with E-state index in [-0.39, 0.29) is 30.1 Å². The van der Waals surface area contributed by atoms with Crippen LogP contribution in [0.2, 0.25) is 0 Å². The first-order chi connectivity index (χ1) is 18.0. The van der Waals surface area contributed by atoms with Crippen molar-refractivity contribution in [2.75, 3.05) is 18.0 Å². The summed E-state index contributed by atoms with van der Waals surface area (Å²) in [5, 5.41) is 0.956. The molecule has 198 valence electrons. The lowest BCUT2D eigenvalue weighted by molar-refractivity contribution is 0.0115. The molecule has 7 nitrogen and oxygen atoms in total. The number of hydrogen-bond acceptors (Lipinski definition) is 5. The summed E-state index contributed by atoms with van der Waals surface area (Å²) in [4.78, 5) is 30.0. The van der Waals surface area contributed by atoms with Crippen molar-refractivity contribution >= 4 is 16.9 Å². The molecule has 6 rings (SSSR count). The monoisotopic (exact) mass is 518 g/mol. The van der Waals surface area contributed by atoms with E-state index in [1.165, 1.54) is 0 Å². The minimum absolute atomic E-state index is 0.0558. The molecule has 2 aliphatic heterocycles. The molecule has 38 heavy (non-hydrogen) atoms. The Morgan fingerprint density at radius 2 is 1.89 bits per heavy atom. The van der Waals surface area contributed by atoms with Gasteiger partial charge in [-0.3, -0.25) is 19.2 Å². The number of H-pyrrole nitrogens is 1. The molecular weight excluding hydrogens is 486 g/mol. The Hall–Kier alpha value is -3.59. The number of nitrogens with zero attached hydrogens (tertiary/aromatic N) is 5. The summed E-state index contributed by atoms with van der Waals surface area (Å²) >= 11 is 0. The third-order valence-corrected chi connectivity index (χ3v) is 7.65. The van der Waals surface area contributed by atoms with Crippen molar-refractivity contribution in [3.05, 3.63) is 64.7 Å². The van der Waals surface area contributed by atoms with Crippen molar-refractivity contribution in [2.45, 2.75) is 64.7 Å².